The number of rotatable bonds is 5. The maximum Gasteiger partial charge on any atom is 0.175 e. The quantitative estimate of drug-likeness (QED) is 0.348. The van der Waals surface area contributed by atoms with Crippen LogP contribution in [0.2, 0.25) is 5.02 Å². The normalized spacial score (nSPS) is 20.6. The average molecular weight is 600 g/mol. The summed E-state index contributed by atoms with van der Waals surface area (Å²) in [7, 11) is 1.59. The highest BCUT2D eigenvalue weighted by Crippen LogP contribution is 2.54. The molecule has 0 saturated carbocycles. The molecule has 0 atom stereocenters. The molecule has 0 bridgehead atoms. The molecule has 0 N–H and O–H groups in total. The number of carbonyl (C=O) groups excluding carboxylic acids is 2. The van der Waals surface area contributed by atoms with Crippen molar-refractivity contribution < 1.29 is 23.8 Å². The minimum absolute atomic E-state index is 0.0311. The maximum absolute atomic E-state index is 13.6. The highest BCUT2D eigenvalue weighted by Gasteiger charge is 2.48. The smallest absolute Gasteiger partial charge is 0.175 e. The number of hydrogen-bond donors (Lipinski definition) is 0. The number of ketones is 2. The molecule has 0 saturated heterocycles. The van der Waals surface area contributed by atoms with Crippen LogP contribution in [0.3, 0.4) is 0 Å². The standard InChI is InChI=1S/C31H32BrClO5/c1-30(2)12-21(34)27-24(14-30)38-25-15-31(3,4)13-22(35)28(25)26(27)18-10-20(32)29(23(11-18)36-5)37-16-17-6-8-19(33)9-7-17/h6-11,26H,12-16H2,1-5H3. The highest BCUT2D eigenvalue weighted by molar-refractivity contribution is 9.10. The van der Waals surface area contributed by atoms with E-state index in [-0.39, 0.29) is 22.4 Å². The van der Waals surface area contributed by atoms with Gasteiger partial charge in [-0.05, 0) is 62.2 Å². The molecule has 5 nitrogen and oxygen atoms in total. The van der Waals surface area contributed by atoms with Gasteiger partial charge in [0.15, 0.2) is 23.1 Å². The van der Waals surface area contributed by atoms with Gasteiger partial charge in [0, 0.05) is 47.8 Å². The Kier molecular flexibility index (Phi) is 7.02. The number of benzene rings is 2. The number of methoxy groups -OCH3 is 1. The van der Waals surface area contributed by atoms with Gasteiger partial charge in [-0.2, -0.15) is 0 Å². The highest BCUT2D eigenvalue weighted by atomic mass is 79.9. The Labute approximate surface area is 237 Å². The molecule has 2 aromatic rings. The molecule has 0 aromatic heterocycles. The molecule has 2 aliphatic carbocycles. The van der Waals surface area contributed by atoms with Gasteiger partial charge in [0.05, 0.1) is 11.6 Å². The third-order valence-electron chi connectivity index (χ3n) is 7.46. The lowest BCUT2D eigenvalue weighted by Crippen LogP contribution is -2.37. The summed E-state index contributed by atoms with van der Waals surface area (Å²) >= 11 is 9.68. The second-order valence-corrected chi connectivity index (χ2v) is 13.3. The van der Waals surface area contributed by atoms with E-state index in [9.17, 15) is 9.59 Å². The van der Waals surface area contributed by atoms with E-state index < -0.39 is 5.92 Å². The van der Waals surface area contributed by atoms with Crippen molar-refractivity contribution in [1.29, 1.82) is 0 Å². The molecule has 0 amide bonds. The van der Waals surface area contributed by atoms with Gasteiger partial charge >= 0.3 is 0 Å². The van der Waals surface area contributed by atoms with Crippen LogP contribution in [0.25, 0.3) is 0 Å². The van der Waals surface area contributed by atoms with E-state index in [2.05, 4.69) is 43.6 Å². The van der Waals surface area contributed by atoms with Crippen LogP contribution < -0.4 is 9.47 Å². The molecule has 200 valence electrons. The van der Waals surface area contributed by atoms with Crippen molar-refractivity contribution >= 4 is 39.1 Å². The van der Waals surface area contributed by atoms with Gasteiger partial charge in [-0.1, -0.05) is 51.4 Å². The van der Waals surface area contributed by atoms with Crippen molar-refractivity contribution in [1.82, 2.24) is 0 Å². The summed E-state index contributed by atoms with van der Waals surface area (Å²) in [6.45, 7) is 8.66. The summed E-state index contributed by atoms with van der Waals surface area (Å²) in [6, 6.07) is 11.3. The van der Waals surface area contributed by atoms with Gasteiger partial charge in [0.1, 0.15) is 18.1 Å². The van der Waals surface area contributed by atoms with Crippen LogP contribution in [-0.4, -0.2) is 18.7 Å². The number of halogens is 2. The summed E-state index contributed by atoms with van der Waals surface area (Å²) in [5, 5.41) is 0.664. The van der Waals surface area contributed by atoms with Crippen molar-refractivity contribution in [2.75, 3.05) is 7.11 Å². The zero-order chi connectivity index (χ0) is 27.4. The van der Waals surface area contributed by atoms with Crippen molar-refractivity contribution in [3.63, 3.8) is 0 Å². The van der Waals surface area contributed by atoms with Crippen LogP contribution in [0.4, 0.5) is 0 Å². The van der Waals surface area contributed by atoms with E-state index in [1.165, 1.54) is 0 Å². The molecule has 1 heterocycles. The SMILES string of the molecule is COc1cc(C2C3=C(CC(C)(C)CC3=O)OC3=C2C(=O)CC(C)(C)C3)cc(Br)c1OCc1ccc(Cl)cc1. The number of hydrogen-bond acceptors (Lipinski definition) is 5. The number of Topliss-reactive ketones (excluding diaryl/α,β-unsaturated/α-hetero) is 2. The Morgan fingerprint density at radius 2 is 1.47 bits per heavy atom. The van der Waals surface area contributed by atoms with Gasteiger partial charge in [0.25, 0.3) is 0 Å². The van der Waals surface area contributed by atoms with E-state index in [0.717, 1.165) is 11.1 Å². The first-order valence-corrected chi connectivity index (χ1v) is 14.0. The molecule has 2 aromatic carbocycles. The van der Waals surface area contributed by atoms with Crippen LogP contribution in [0, 0.1) is 10.8 Å². The Balaban J connectivity index is 1.59. The zero-order valence-corrected chi connectivity index (χ0v) is 24.7. The van der Waals surface area contributed by atoms with Crippen molar-refractivity contribution in [2.24, 2.45) is 10.8 Å². The first kappa shape index (κ1) is 27.0. The van der Waals surface area contributed by atoms with E-state index in [4.69, 9.17) is 25.8 Å². The lowest BCUT2D eigenvalue weighted by Gasteiger charge is -2.42. The Bertz CT molecular complexity index is 1330. The van der Waals surface area contributed by atoms with E-state index in [1.807, 2.05) is 36.4 Å². The lowest BCUT2D eigenvalue weighted by atomic mass is 9.65. The molecule has 0 radical (unpaired) electrons. The summed E-state index contributed by atoms with van der Waals surface area (Å²) in [5.41, 5.74) is 2.55. The van der Waals surface area contributed by atoms with E-state index in [0.29, 0.717) is 75.9 Å². The number of carbonyl (C=O) groups is 2. The topological polar surface area (TPSA) is 61.8 Å². The molecule has 3 aliphatic rings. The van der Waals surface area contributed by atoms with Crippen LogP contribution in [0.1, 0.15) is 70.4 Å². The molecule has 38 heavy (non-hydrogen) atoms. The number of ether oxygens (including phenoxy) is 3. The second kappa shape index (κ2) is 9.87. The van der Waals surface area contributed by atoms with Gasteiger partial charge in [-0.15, -0.1) is 0 Å². The van der Waals surface area contributed by atoms with Crippen LogP contribution in [0.5, 0.6) is 11.5 Å². The third-order valence-corrected chi connectivity index (χ3v) is 8.30. The molecule has 0 unspecified atom stereocenters. The van der Waals surface area contributed by atoms with Crippen molar-refractivity contribution in [3.05, 3.63) is 79.7 Å². The summed E-state index contributed by atoms with van der Waals surface area (Å²) < 4.78 is 19.0. The Hall–Kier alpha value is -2.57. The fraction of sp³-hybridized carbons (Fsp3) is 0.419. The first-order chi connectivity index (χ1) is 17.9. The first-order valence-electron chi connectivity index (χ1n) is 12.8. The van der Waals surface area contributed by atoms with Crippen LogP contribution in [0.15, 0.2) is 63.5 Å². The van der Waals surface area contributed by atoms with Gasteiger partial charge < -0.3 is 14.2 Å². The van der Waals surface area contributed by atoms with E-state index in [1.54, 1.807) is 7.11 Å². The molecule has 0 spiro atoms. The molecule has 1 aliphatic heterocycles. The summed E-state index contributed by atoms with van der Waals surface area (Å²) in [4.78, 5) is 27.2. The van der Waals surface area contributed by atoms with E-state index >= 15 is 0 Å². The summed E-state index contributed by atoms with van der Waals surface area (Å²) in [5.74, 6) is 2.01. The monoisotopic (exact) mass is 598 g/mol. The minimum Gasteiger partial charge on any atom is -0.493 e. The van der Waals surface area contributed by atoms with Crippen molar-refractivity contribution in [3.8, 4) is 11.5 Å². The molecule has 0 fully saturated rings. The Morgan fingerprint density at radius 3 is 2.00 bits per heavy atom. The van der Waals surface area contributed by atoms with Crippen LogP contribution >= 0.6 is 27.5 Å². The molecule has 5 rings (SSSR count). The number of allylic oxidation sites excluding steroid dienone is 4. The third kappa shape index (κ3) is 5.17. The molecular formula is C31H32BrClO5. The van der Waals surface area contributed by atoms with Gasteiger partial charge in [-0.3, -0.25) is 9.59 Å². The minimum atomic E-state index is -0.503. The van der Waals surface area contributed by atoms with Gasteiger partial charge in [-0.25, -0.2) is 0 Å². The van der Waals surface area contributed by atoms with Crippen LogP contribution in [-0.2, 0) is 20.9 Å². The predicted octanol–water partition coefficient (Wildman–Crippen LogP) is 8.09. The summed E-state index contributed by atoms with van der Waals surface area (Å²) in [6.07, 6.45) is 2.12. The average Bonchev–Trinajstić information content (AvgIpc) is 2.81. The second-order valence-electron chi connectivity index (χ2n) is 12.0. The maximum atomic E-state index is 13.6. The molecule has 7 heteroatoms. The fourth-order valence-electron chi connectivity index (χ4n) is 5.79. The fourth-order valence-corrected chi connectivity index (χ4v) is 6.49. The zero-order valence-electron chi connectivity index (χ0n) is 22.4. The predicted molar refractivity (Wildman–Crippen MR) is 150 cm³/mol. The van der Waals surface area contributed by atoms with Gasteiger partial charge in [0.2, 0.25) is 0 Å². The largest absolute Gasteiger partial charge is 0.493 e. The molecular weight excluding hydrogens is 568 g/mol. The van der Waals surface area contributed by atoms with Crippen molar-refractivity contribution in [2.45, 2.75) is 65.9 Å². The lowest BCUT2D eigenvalue weighted by molar-refractivity contribution is -0.120. The Morgan fingerprint density at radius 1 is 0.921 bits per heavy atom.